The van der Waals surface area contributed by atoms with Crippen molar-refractivity contribution < 1.29 is 19.4 Å². The lowest BCUT2D eigenvalue weighted by Gasteiger charge is -2.15. The lowest BCUT2D eigenvalue weighted by molar-refractivity contribution is -0.136. The first kappa shape index (κ1) is 20.9. The number of fused-ring (bicyclic) bond motifs is 1. The minimum atomic E-state index is -0.876. The Bertz CT molecular complexity index is 1110. The first-order valence-corrected chi connectivity index (χ1v) is 10.5. The molecule has 1 aliphatic rings. The van der Waals surface area contributed by atoms with E-state index in [0.29, 0.717) is 30.4 Å². The van der Waals surface area contributed by atoms with E-state index < -0.39 is 5.97 Å². The summed E-state index contributed by atoms with van der Waals surface area (Å²) in [4.78, 5) is 11.1. The van der Waals surface area contributed by atoms with Gasteiger partial charge in [0.1, 0.15) is 24.7 Å². The predicted octanol–water partition coefficient (Wildman–Crippen LogP) is 5.08. The Morgan fingerprint density at radius 2 is 1.94 bits per heavy atom. The highest BCUT2D eigenvalue weighted by atomic mass is 16.5. The van der Waals surface area contributed by atoms with Crippen LogP contribution in [0.15, 0.2) is 60.7 Å². The number of hydrogen-bond acceptors (Lipinski definition) is 4. The van der Waals surface area contributed by atoms with E-state index >= 15 is 0 Å². The molecule has 0 unspecified atom stereocenters. The van der Waals surface area contributed by atoms with Gasteiger partial charge in [0.2, 0.25) is 0 Å². The Labute approximate surface area is 182 Å². The third kappa shape index (κ3) is 4.72. The average Bonchev–Trinajstić information content (AvgIpc) is 3.12. The number of hydrogen-bond donors (Lipinski definition) is 2. The molecule has 0 amide bonds. The summed E-state index contributed by atoms with van der Waals surface area (Å²) in [6, 6.07) is 19.8. The van der Waals surface area contributed by atoms with Gasteiger partial charge in [0.05, 0.1) is 12.5 Å². The highest BCUT2D eigenvalue weighted by Gasteiger charge is 2.21. The number of carboxylic acid groups (broad SMARTS) is 1. The first-order chi connectivity index (χ1) is 14.9. The number of aliphatic carboxylic acids is 1. The normalized spacial score (nSPS) is 14.9. The third-order valence-electron chi connectivity index (χ3n) is 5.55. The highest BCUT2D eigenvalue weighted by Crippen LogP contribution is 2.36. The molecule has 0 aromatic heterocycles. The number of para-hydroxylation sites is 1. The van der Waals surface area contributed by atoms with Gasteiger partial charge in [0.25, 0.3) is 0 Å². The molecule has 0 bridgehead atoms. The second-order valence-electron chi connectivity index (χ2n) is 8.25. The SMILES string of the molecule is CC(C)c1cc(COc2ccccc2CC(=O)O)cc(-c2ccc3c(c2)[C@H](N)CO3)c1. The summed E-state index contributed by atoms with van der Waals surface area (Å²) in [6.07, 6.45) is -0.0646. The number of ether oxygens (including phenoxy) is 2. The third-order valence-corrected chi connectivity index (χ3v) is 5.55. The number of benzene rings is 3. The summed E-state index contributed by atoms with van der Waals surface area (Å²) < 4.78 is 11.7. The van der Waals surface area contributed by atoms with Crippen molar-refractivity contribution in [2.75, 3.05) is 6.61 Å². The number of carboxylic acids is 1. The van der Waals surface area contributed by atoms with Gasteiger partial charge in [-0.25, -0.2) is 0 Å². The van der Waals surface area contributed by atoms with Crippen LogP contribution in [0.1, 0.15) is 48.1 Å². The highest BCUT2D eigenvalue weighted by molar-refractivity contribution is 5.71. The van der Waals surface area contributed by atoms with Gasteiger partial charge >= 0.3 is 5.97 Å². The molecule has 0 fully saturated rings. The van der Waals surface area contributed by atoms with Crippen LogP contribution in [0, 0.1) is 0 Å². The Morgan fingerprint density at radius 1 is 1.13 bits per heavy atom. The molecule has 5 nitrogen and oxygen atoms in total. The molecule has 160 valence electrons. The molecule has 5 heteroatoms. The standard InChI is InChI=1S/C26H27NO4/c1-16(2)20-9-17(14-30-24-6-4-3-5-19(24)13-26(28)29)10-21(11-20)18-7-8-25-22(12-18)23(27)15-31-25/h3-12,16,23H,13-15,27H2,1-2H3,(H,28,29)/t23-/m1/s1. The zero-order valence-electron chi connectivity index (χ0n) is 17.8. The molecular weight excluding hydrogens is 390 g/mol. The fraction of sp³-hybridized carbons (Fsp3) is 0.269. The largest absolute Gasteiger partial charge is 0.491 e. The van der Waals surface area contributed by atoms with Crippen molar-refractivity contribution in [2.45, 2.75) is 38.8 Å². The summed E-state index contributed by atoms with van der Waals surface area (Å²) in [5, 5.41) is 9.15. The maximum absolute atomic E-state index is 11.1. The van der Waals surface area contributed by atoms with Crippen LogP contribution in [0.4, 0.5) is 0 Å². The van der Waals surface area contributed by atoms with Crippen LogP contribution in [0.2, 0.25) is 0 Å². The molecule has 3 N–H and O–H groups in total. The molecule has 0 aliphatic carbocycles. The Balaban J connectivity index is 1.63. The zero-order valence-corrected chi connectivity index (χ0v) is 17.8. The van der Waals surface area contributed by atoms with E-state index in [1.165, 1.54) is 5.56 Å². The molecule has 3 aromatic carbocycles. The maximum atomic E-state index is 11.1. The topological polar surface area (TPSA) is 81.8 Å². The quantitative estimate of drug-likeness (QED) is 0.561. The van der Waals surface area contributed by atoms with E-state index in [9.17, 15) is 4.79 Å². The molecular formula is C26H27NO4. The van der Waals surface area contributed by atoms with Crippen molar-refractivity contribution in [3.63, 3.8) is 0 Å². The monoisotopic (exact) mass is 417 g/mol. The molecule has 1 aliphatic heterocycles. The molecule has 4 rings (SSSR count). The average molecular weight is 418 g/mol. The van der Waals surface area contributed by atoms with E-state index in [-0.39, 0.29) is 12.5 Å². The van der Waals surface area contributed by atoms with Gasteiger partial charge in [-0.1, -0.05) is 50.2 Å². The van der Waals surface area contributed by atoms with Crippen LogP contribution in [0.5, 0.6) is 11.5 Å². The molecule has 0 saturated carbocycles. The van der Waals surface area contributed by atoms with Gasteiger partial charge in [-0.15, -0.1) is 0 Å². The van der Waals surface area contributed by atoms with Gasteiger partial charge in [-0.05, 0) is 52.4 Å². The molecule has 3 aromatic rings. The van der Waals surface area contributed by atoms with Crippen LogP contribution in [-0.2, 0) is 17.8 Å². The zero-order chi connectivity index (χ0) is 22.0. The summed E-state index contributed by atoms with van der Waals surface area (Å²) in [5.41, 5.74) is 12.3. The van der Waals surface area contributed by atoms with Gasteiger partial charge < -0.3 is 20.3 Å². The molecule has 0 saturated heterocycles. The van der Waals surface area contributed by atoms with E-state index in [1.54, 1.807) is 6.07 Å². The second-order valence-corrected chi connectivity index (χ2v) is 8.25. The van der Waals surface area contributed by atoms with Gasteiger partial charge in [0, 0.05) is 11.1 Å². The second kappa shape index (κ2) is 8.82. The van der Waals surface area contributed by atoms with Crippen LogP contribution < -0.4 is 15.2 Å². The van der Waals surface area contributed by atoms with Gasteiger partial charge in [-0.3, -0.25) is 4.79 Å². The van der Waals surface area contributed by atoms with Crippen LogP contribution in [0.25, 0.3) is 11.1 Å². The number of rotatable bonds is 7. The Kier molecular flexibility index (Phi) is 5.96. The lowest BCUT2D eigenvalue weighted by Crippen LogP contribution is -2.10. The van der Waals surface area contributed by atoms with Crippen molar-refractivity contribution in [3.05, 3.63) is 82.9 Å². The predicted molar refractivity (Wildman–Crippen MR) is 121 cm³/mol. The number of nitrogens with two attached hydrogens (primary N) is 1. The van der Waals surface area contributed by atoms with Gasteiger partial charge in [-0.2, -0.15) is 0 Å². The summed E-state index contributed by atoms with van der Waals surface area (Å²) >= 11 is 0. The molecule has 31 heavy (non-hydrogen) atoms. The minimum Gasteiger partial charge on any atom is -0.491 e. The van der Waals surface area contributed by atoms with Crippen LogP contribution in [-0.4, -0.2) is 17.7 Å². The van der Waals surface area contributed by atoms with Crippen molar-refractivity contribution in [2.24, 2.45) is 5.73 Å². The molecule has 0 spiro atoms. The summed E-state index contributed by atoms with van der Waals surface area (Å²) in [5.74, 6) is 0.939. The van der Waals surface area contributed by atoms with Crippen molar-refractivity contribution in [1.82, 2.24) is 0 Å². The van der Waals surface area contributed by atoms with E-state index in [0.717, 1.165) is 28.0 Å². The van der Waals surface area contributed by atoms with E-state index in [4.69, 9.17) is 20.3 Å². The fourth-order valence-electron chi connectivity index (χ4n) is 3.83. The first-order valence-electron chi connectivity index (χ1n) is 10.5. The summed E-state index contributed by atoms with van der Waals surface area (Å²) in [7, 11) is 0. The Hall–Kier alpha value is -3.31. The van der Waals surface area contributed by atoms with Crippen molar-refractivity contribution >= 4 is 5.97 Å². The fourth-order valence-corrected chi connectivity index (χ4v) is 3.83. The van der Waals surface area contributed by atoms with E-state index in [1.807, 2.05) is 24.3 Å². The molecule has 1 atom stereocenters. The van der Waals surface area contributed by atoms with Crippen molar-refractivity contribution in [1.29, 1.82) is 0 Å². The Morgan fingerprint density at radius 3 is 2.71 bits per heavy atom. The molecule has 1 heterocycles. The molecule has 0 radical (unpaired) electrons. The maximum Gasteiger partial charge on any atom is 0.307 e. The van der Waals surface area contributed by atoms with Crippen LogP contribution in [0.3, 0.4) is 0 Å². The van der Waals surface area contributed by atoms with Crippen LogP contribution >= 0.6 is 0 Å². The summed E-state index contributed by atoms with van der Waals surface area (Å²) in [6.45, 7) is 5.20. The number of carbonyl (C=O) groups is 1. The smallest absolute Gasteiger partial charge is 0.307 e. The van der Waals surface area contributed by atoms with Crippen molar-refractivity contribution in [3.8, 4) is 22.6 Å². The minimum absolute atomic E-state index is 0.0646. The lowest BCUT2D eigenvalue weighted by atomic mass is 9.93. The van der Waals surface area contributed by atoms with Gasteiger partial charge in [0.15, 0.2) is 0 Å². The van der Waals surface area contributed by atoms with E-state index in [2.05, 4.69) is 44.2 Å².